The molecule has 0 aromatic carbocycles. The number of aromatic nitrogens is 2. The van der Waals surface area contributed by atoms with Crippen LogP contribution in [0.3, 0.4) is 0 Å². The second kappa shape index (κ2) is 3.97. The lowest BCUT2D eigenvalue weighted by molar-refractivity contribution is 0.523. The van der Waals surface area contributed by atoms with E-state index in [-0.39, 0.29) is 6.04 Å². The van der Waals surface area contributed by atoms with E-state index in [2.05, 4.69) is 27.1 Å². The van der Waals surface area contributed by atoms with Crippen molar-refractivity contribution in [3.05, 3.63) is 11.4 Å². The lowest BCUT2D eigenvalue weighted by Crippen LogP contribution is -2.12. The fourth-order valence-electron chi connectivity index (χ4n) is 1.08. The molecular weight excluding hydrogens is 229 g/mol. The minimum Gasteiger partial charge on any atom is -0.253 e. The Morgan fingerprint density at radius 2 is 2.31 bits per heavy atom. The first-order valence-electron chi connectivity index (χ1n) is 3.94. The molecule has 0 fully saturated rings. The molecule has 0 saturated carbocycles. The molecule has 0 aliphatic rings. The molecule has 66 valence electrons. The van der Waals surface area contributed by atoms with Crippen molar-refractivity contribution in [2.75, 3.05) is 0 Å². The average molecular weight is 238 g/mol. The van der Waals surface area contributed by atoms with Crippen LogP contribution in [0.4, 0.5) is 0 Å². The van der Waals surface area contributed by atoms with Crippen molar-refractivity contribution in [3.63, 3.8) is 0 Å². The maximum absolute atomic E-state index is 8.85. The fraction of sp³-hybridized carbons (Fsp3) is 0.500. The highest BCUT2D eigenvalue weighted by Gasteiger charge is 2.13. The summed E-state index contributed by atoms with van der Waals surface area (Å²) in [6, 6.07) is 2.21. The molecule has 3 nitrogen and oxygen atoms in total. The third-order valence-electron chi connectivity index (χ3n) is 1.75. The van der Waals surface area contributed by atoms with Crippen molar-refractivity contribution in [2.45, 2.75) is 25.2 Å². The van der Waals surface area contributed by atoms with Gasteiger partial charge in [0.15, 0.2) is 0 Å². The molecule has 13 heavy (non-hydrogen) atoms. The van der Waals surface area contributed by atoms with Gasteiger partial charge in [0.05, 0.1) is 5.69 Å². The molecule has 0 bridgehead atoms. The number of hydrogen-bond donors (Lipinski definition) is 0. The SMILES string of the molecule is [B]c1c(CBr)nn(C(C)C)c1C#N. The lowest BCUT2D eigenvalue weighted by Gasteiger charge is -2.05. The molecule has 0 aliphatic heterocycles. The van der Waals surface area contributed by atoms with Crippen molar-refractivity contribution in [2.24, 2.45) is 0 Å². The Morgan fingerprint density at radius 1 is 1.69 bits per heavy atom. The van der Waals surface area contributed by atoms with Crippen LogP contribution in [-0.4, -0.2) is 17.6 Å². The summed E-state index contributed by atoms with van der Waals surface area (Å²) in [7, 11) is 5.73. The second-order valence-corrected chi connectivity index (χ2v) is 3.55. The number of nitriles is 1. The molecule has 0 amide bonds. The topological polar surface area (TPSA) is 41.6 Å². The summed E-state index contributed by atoms with van der Waals surface area (Å²) in [5.41, 5.74) is 1.66. The molecular formula is C8H9BBrN3. The van der Waals surface area contributed by atoms with Gasteiger partial charge in [-0.2, -0.15) is 10.4 Å². The minimum absolute atomic E-state index is 0.157. The number of halogens is 1. The zero-order valence-electron chi connectivity index (χ0n) is 7.58. The summed E-state index contributed by atoms with van der Waals surface area (Å²) in [6.45, 7) is 3.93. The Kier molecular flexibility index (Phi) is 3.15. The highest BCUT2D eigenvalue weighted by Crippen LogP contribution is 2.09. The van der Waals surface area contributed by atoms with Crippen LogP contribution in [0.15, 0.2) is 0 Å². The van der Waals surface area contributed by atoms with Crippen LogP contribution in [0.5, 0.6) is 0 Å². The first-order chi connectivity index (χ1) is 6.11. The van der Waals surface area contributed by atoms with E-state index >= 15 is 0 Å². The number of nitrogens with zero attached hydrogens (tertiary/aromatic N) is 3. The minimum atomic E-state index is 0.157. The Labute approximate surface area is 87.3 Å². The maximum atomic E-state index is 8.85. The molecule has 0 unspecified atom stereocenters. The summed E-state index contributed by atoms with van der Waals surface area (Å²) in [6.07, 6.45) is 0. The van der Waals surface area contributed by atoms with Gasteiger partial charge in [0.25, 0.3) is 0 Å². The Bertz CT molecular complexity index is 351. The molecule has 0 aliphatic carbocycles. The van der Waals surface area contributed by atoms with Crippen molar-refractivity contribution in [1.82, 2.24) is 9.78 Å². The monoisotopic (exact) mass is 237 g/mol. The lowest BCUT2D eigenvalue weighted by atomic mass is 9.94. The van der Waals surface area contributed by atoms with E-state index in [1.165, 1.54) is 0 Å². The van der Waals surface area contributed by atoms with E-state index < -0.39 is 0 Å². The second-order valence-electron chi connectivity index (χ2n) is 2.99. The molecule has 5 heteroatoms. The summed E-state index contributed by atoms with van der Waals surface area (Å²) >= 11 is 3.27. The molecule has 0 atom stereocenters. The standard InChI is InChI=1S/C8H9BBrN3/c1-5(2)13-7(4-11)8(9)6(3-10)12-13/h5H,3H2,1-2H3. The van der Waals surface area contributed by atoms with Gasteiger partial charge in [-0.05, 0) is 19.3 Å². The van der Waals surface area contributed by atoms with E-state index in [0.717, 1.165) is 5.69 Å². The van der Waals surface area contributed by atoms with Gasteiger partial charge in [0.1, 0.15) is 19.6 Å². The third-order valence-corrected chi connectivity index (χ3v) is 2.28. The first-order valence-corrected chi connectivity index (χ1v) is 5.06. The molecule has 1 aromatic heterocycles. The van der Waals surface area contributed by atoms with Crippen LogP contribution in [-0.2, 0) is 5.33 Å². The van der Waals surface area contributed by atoms with Gasteiger partial charge >= 0.3 is 0 Å². The Morgan fingerprint density at radius 3 is 2.62 bits per heavy atom. The zero-order valence-corrected chi connectivity index (χ0v) is 9.17. The maximum Gasteiger partial charge on any atom is 0.132 e. The van der Waals surface area contributed by atoms with Gasteiger partial charge in [0.2, 0.25) is 0 Å². The van der Waals surface area contributed by atoms with Crippen molar-refractivity contribution < 1.29 is 0 Å². The van der Waals surface area contributed by atoms with Crippen LogP contribution < -0.4 is 5.46 Å². The molecule has 1 aromatic rings. The van der Waals surface area contributed by atoms with E-state index in [1.807, 2.05) is 13.8 Å². The normalized spacial score (nSPS) is 10.4. The van der Waals surface area contributed by atoms with Gasteiger partial charge in [-0.1, -0.05) is 15.9 Å². The summed E-state index contributed by atoms with van der Waals surface area (Å²) in [5, 5.41) is 13.6. The van der Waals surface area contributed by atoms with Crippen molar-refractivity contribution >= 4 is 29.2 Å². The average Bonchev–Trinajstić information content (AvgIpc) is 2.42. The predicted octanol–water partition coefficient (Wildman–Crippen LogP) is 1.02. The largest absolute Gasteiger partial charge is 0.253 e. The molecule has 0 N–H and O–H groups in total. The van der Waals surface area contributed by atoms with Crippen LogP contribution in [0.25, 0.3) is 0 Å². The molecule has 0 saturated heterocycles. The van der Waals surface area contributed by atoms with E-state index in [9.17, 15) is 0 Å². The molecule has 0 spiro atoms. The third kappa shape index (κ3) is 1.78. The van der Waals surface area contributed by atoms with Crippen LogP contribution in [0.2, 0.25) is 0 Å². The van der Waals surface area contributed by atoms with Crippen molar-refractivity contribution in [3.8, 4) is 6.07 Å². The summed E-state index contributed by atoms with van der Waals surface area (Å²) in [4.78, 5) is 0. The Hall–Kier alpha value is -0.755. The van der Waals surface area contributed by atoms with Crippen LogP contribution in [0.1, 0.15) is 31.3 Å². The highest BCUT2D eigenvalue weighted by molar-refractivity contribution is 9.08. The van der Waals surface area contributed by atoms with Crippen molar-refractivity contribution in [1.29, 1.82) is 5.26 Å². The van der Waals surface area contributed by atoms with Crippen LogP contribution in [0, 0.1) is 11.3 Å². The van der Waals surface area contributed by atoms with Gasteiger partial charge in [-0.3, -0.25) is 4.68 Å². The van der Waals surface area contributed by atoms with E-state index in [1.54, 1.807) is 4.68 Å². The van der Waals surface area contributed by atoms with E-state index in [4.69, 9.17) is 13.1 Å². The van der Waals surface area contributed by atoms with E-state index in [0.29, 0.717) is 16.5 Å². The number of alkyl halides is 1. The molecule has 2 radical (unpaired) electrons. The van der Waals surface area contributed by atoms with Gasteiger partial charge < -0.3 is 0 Å². The van der Waals surface area contributed by atoms with Crippen LogP contribution >= 0.6 is 15.9 Å². The quantitative estimate of drug-likeness (QED) is 0.570. The summed E-state index contributed by atoms with van der Waals surface area (Å²) < 4.78 is 1.64. The zero-order chi connectivity index (χ0) is 10.0. The number of hydrogen-bond acceptors (Lipinski definition) is 2. The highest BCUT2D eigenvalue weighted by atomic mass is 79.9. The molecule has 1 heterocycles. The molecule has 1 rings (SSSR count). The van der Waals surface area contributed by atoms with Gasteiger partial charge in [-0.15, -0.1) is 0 Å². The predicted molar refractivity (Wildman–Crippen MR) is 55.3 cm³/mol. The first kappa shape index (κ1) is 10.3. The van der Waals surface area contributed by atoms with Gasteiger partial charge in [-0.25, -0.2) is 0 Å². The summed E-state index contributed by atoms with van der Waals surface area (Å²) in [5.74, 6) is 0. The Balaban J connectivity index is 3.30. The fourth-order valence-corrected chi connectivity index (χ4v) is 1.49. The smallest absolute Gasteiger partial charge is 0.132 e. The number of rotatable bonds is 2. The van der Waals surface area contributed by atoms with Gasteiger partial charge in [0, 0.05) is 11.4 Å².